The monoisotopic (exact) mass is 468 g/mol. The largest absolute Gasteiger partial charge is 0.489 e. The second-order valence-electron chi connectivity index (χ2n) is 10.1. The molecular weight excluding hydrogens is 433 g/mol. The number of ether oxygens (including phenoxy) is 1. The third-order valence-electron chi connectivity index (χ3n) is 7.70. The van der Waals surface area contributed by atoms with Crippen LogP contribution in [0.4, 0.5) is 13.2 Å². The van der Waals surface area contributed by atoms with Crippen LogP contribution in [0.1, 0.15) is 86.8 Å². The molecule has 0 saturated heterocycles. The molecular formula is C30H35F3O. The summed E-state index contributed by atoms with van der Waals surface area (Å²) in [5.74, 6) is 0.127. The number of allylic oxidation sites excluding steroid dienone is 1. The Kier molecular flexibility index (Phi) is 8.18. The van der Waals surface area contributed by atoms with Gasteiger partial charge in [0.05, 0.1) is 0 Å². The molecule has 0 radical (unpaired) electrons. The normalized spacial score (nSPS) is 25.4. The van der Waals surface area contributed by atoms with E-state index in [2.05, 4.69) is 13.5 Å². The molecule has 2 aliphatic carbocycles. The molecule has 2 aromatic carbocycles. The maximum atomic E-state index is 14.8. The highest BCUT2D eigenvalue weighted by Crippen LogP contribution is 2.39. The van der Waals surface area contributed by atoms with Crippen LogP contribution in [0.3, 0.4) is 0 Å². The molecule has 2 aliphatic rings. The lowest BCUT2D eigenvalue weighted by Gasteiger charge is -2.27. The summed E-state index contributed by atoms with van der Waals surface area (Å²) in [7, 11) is 0. The van der Waals surface area contributed by atoms with Gasteiger partial charge in [0.2, 0.25) is 0 Å². The second-order valence-corrected chi connectivity index (χ2v) is 10.1. The first-order valence-corrected chi connectivity index (χ1v) is 12.7. The predicted molar refractivity (Wildman–Crippen MR) is 133 cm³/mol. The van der Waals surface area contributed by atoms with E-state index in [-0.39, 0.29) is 23.6 Å². The van der Waals surface area contributed by atoms with E-state index in [0.29, 0.717) is 29.4 Å². The summed E-state index contributed by atoms with van der Waals surface area (Å²) >= 11 is 0. The molecule has 4 heteroatoms. The molecule has 0 aromatic heterocycles. The van der Waals surface area contributed by atoms with Crippen molar-refractivity contribution < 1.29 is 17.9 Å². The van der Waals surface area contributed by atoms with Crippen LogP contribution in [-0.2, 0) is 0 Å². The maximum absolute atomic E-state index is 14.8. The molecule has 1 nitrogen and oxygen atoms in total. The van der Waals surface area contributed by atoms with Crippen molar-refractivity contribution in [1.29, 1.82) is 0 Å². The molecule has 0 N–H and O–H groups in total. The van der Waals surface area contributed by atoms with Crippen LogP contribution in [0.25, 0.3) is 6.08 Å². The Hall–Kier alpha value is -2.49. The minimum atomic E-state index is -0.734. The molecule has 34 heavy (non-hydrogen) atoms. The first-order valence-electron chi connectivity index (χ1n) is 12.7. The smallest absolute Gasteiger partial charge is 0.166 e. The highest BCUT2D eigenvalue weighted by atomic mass is 19.2. The third kappa shape index (κ3) is 5.76. The van der Waals surface area contributed by atoms with Crippen molar-refractivity contribution in [2.24, 2.45) is 11.8 Å². The molecule has 2 fully saturated rings. The zero-order chi connectivity index (χ0) is 24.1. The van der Waals surface area contributed by atoms with Crippen LogP contribution in [0.2, 0.25) is 0 Å². The summed E-state index contributed by atoms with van der Waals surface area (Å²) in [4.78, 5) is 0. The Labute approximate surface area is 201 Å². The Morgan fingerprint density at radius 1 is 0.853 bits per heavy atom. The van der Waals surface area contributed by atoms with E-state index in [9.17, 15) is 13.2 Å². The van der Waals surface area contributed by atoms with Gasteiger partial charge < -0.3 is 4.74 Å². The number of rotatable bonds is 7. The lowest BCUT2D eigenvalue weighted by molar-refractivity contribution is 0.339. The van der Waals surface area contributed by atoms with Crippen molar-refractivity contribution in [1.82, 2.24) is 0 Å². The fourth-order valence-corrected chi connectivity index (χ4v) is 5.54. The summed E-state index contributed by atoms with van der Waals surface area (Å²) in [6.07, 6.45) is 12.9. The highest BCUT2D eigenvalue weighted by Gasteiger charge is 2.25. The van der Waals surface area contributed by atoms with E-state index < -0.39 is 11.6 Å². The van der Waals surface area contributed by atoms with E-state index in [1.54, 1.807) is 24.3 Å². The minimum Gasteiger partial charge on any atom is -0.489 e. The van der Waals surface area contributed by atoms with Crippen molar-refractivity contribution in [2.75, 3.05) is 6.61 Å². The predicted octanol–water partition coefficient (Wildman–Crippen LogP) is 8.95. The summed E-state index contributed by atoms with van der Waals surface area (Å²) in [6.45, 7) is 6.18. The van der Waals surface area contributed by atoms with Gasteiger partial charge in [0.15, 0.2) is 11.6 Å². The van der Waals surface area contributed by atoms with Gasteiger partial charge in [-0.2, -0.15) is 0 Å². The van der Waals surface area contributed by atoms with Crippen LogP contribution >= 0.6 is 0 Å². The molecule has 0 heterocycles. The lowest BCUT2D eigenvalue weighted by Crippen LogP contribution is -2.13. The van der Waals surface area contributed by atoms with Crippen molar-refractivity contribution in [2.45, 2.75) is 70.1 Å². The molecule has 0 atom stereocenters. The SMILES string of the molecule is C=CCOc1ccc(C2CCC(/C=C/c3ccc(C4CCC(C)CC4)c(F)c3F)CC2)c(F)c1. The first kappa shape index (κ1) is 24.6. The standard InChI is InChI=1S/C30H35F3O/c1-3-18-34-25-15-17-26(28(31)19-25)22-11-6-21(7-12-22)8-13-24-14-16-27(30(33)29(24)32)23-9-4-20(2)5-10-23/h3,8,13-17,19-23H,1,4-7,9-12,18H2,2H3/b13-8+. The maximum Gasteiger partial charge on any atom is 0.166 e. The number of hydrogen-bond donors (Lipinski definition) is 0. The fraction of sp³-hybridized carbons (Fsp3) is 0.467. The average Bonchev–Trinajstić information content (AvgIpc) is 2.85. The zero-order valence-electron chi connectivity index (χ0n) is 20.0. The van der Waals surface area contributed by atoms with Gasteiger partial charge in [0.1, 0.15) is 18.2 Å². The molecule has 182 valence electrons. The van der Waals surface area contributed by atoms with E-state index in [1.165, 1.54) is 6.07 Å². The molecule has 4 rings (SSSR count). The van der Waals surface area contributed by atoms with Gasteiger partial charge in [0.25, 0.3) is 0 Å². The minimum absolute atomic E-state index is 0.127. The molecule has 0 aliphatic heterocycles. The molecule has 0 spiro atoms. The topological polar surface area (TPSA) is 9.23 Å². The zero-order valence-corrected chi connectivity index (χ0v) is 20.0. The number of hydrogen-bond acceptors (Lipinski definition) is 1. The van der Waals surface area contributed by atoms with E-state index in [4.69, 9.17) is 4.74 Å². The summed E-state index contributed by atoms with van der Waals surface area (Å²) in [5, 5.41) is 0. The van der Waals surface area contributed by atoms with Gasteiger partial charge >= 0.3 is 0 Å². The molecule has 0 amide bonds. The highest BCUT2D eigenvalue weighted by molar-refractivity contribution is 5.52. The molecule has 2 aromatic rings. The van der Waals surface area contributed by atoms with Crippen molar-refractivity contribution in [3.63, 3.8) is 0 Å². The molecule has 2 saturated carbocycles. The summed E-state index contributed by atoms with van der Waals surface area (Å²) in [5.41, 5.74) is 1.58. The van der Waals surface area contributed by atoms with Crippen LogP contribution in [0.15, 0.2) is 49.1 Å². The Bertz CT molecular complexity index is 1010. The van der Waals surface area contributed by atoms with E-state index in [0.717, 1.165) is 56.9 Å². The van der Waals surface area contributed by atoms with Gasteiger partial charge in [-0.15, -0.1) is 0 Å². The summed E-state index contributed by atoms with van der Waals surface area (Å²) < 4.78 is 49.6. The molecule has 0 bridgehead atoms. The van der Waals surface area contributed by atoms with E-state index in [1.807, 2.05) is 18.2 Å². The lowest BCUT2D eigenvalue weighted by atomic mass is 9.78. The Morgan fingerprint density at radius 2 is 1.50 bits per heavy atom. The van der Waals surface area contributed by atoms with Gasteiger partial charge in [-0.3, -0.25) is 0 Å². The second kappa shape index (κ2) is 11.3. The molecule has 0 unspecified atom stereocenters. The Morgan fingerprint density at radius 3 is 2.18 bits per heavy atom. The van der Waals surface area contributed by atoms with Crippen LogP contribution in [0.5, 0.6) is 5.75 Å². The summed E-state index contributed by atoms with van der Waals surface area (Å²) in [6, 6.07) is 8.57. The van der Waals surface area contributed by atoms with Gasteiger partial charge in [-0.05, 0) is 79.4 Å². The average molecular weight is 469 g/mol. The quantitative estimate of drug-likeness (QED) is 0.369. The van der Waals surface area contributed by atoms with Crippen LogP contribution < -0.4 is 4.74 Å². The third-order valence-corrected chi connectivity index (χ3v) is 7.70. The fourth-order valence-electron chi connectivity index (χ4n) is 5.54. The number of benzene rings is 2. The van der Waals surface area contributed by atoms with E-state index >= 15 is 0 Å². The van der Waals surface area contributed by atoms with Crippen LogP contribution in [0, 0.1) is 29.3 Å². The first-order chi connectivity index (χ1) is 16.5. The van der Waals surface area contributed by atoms with Crippen molar-refractivity contribution >= 4 is 6.08 Å². The van der Waals surface area contributed by atoms with Gasteiger partial charge in [0, 0.05) is 11.6 Å². The van der Waals surface area contributed by atoms with Gasteiger partial charge in [-0.1, -0.05) is 62.8 Å². The number of halogens is 3. The van der Waals surface area contributed by atoms with Crippen molar-refractivity contribution in [3.8, 4) is 5.75 Å². The Balaban J connectivity index is 1.35. The van der Waals surface area contributed by atoms with Crippen molar-refractivity contribution in [3.05, 3.63) is 83.2 Å². The van der Waals surface area contributed by atoms with Crippen LogP contribution in [-0.4, -0.2) is 6.61 Å². The van der Waals surface area contributed by atoms with Gasteiger partial charge in [-0.25, -0.2) is 13.2 Å².